The van der Waals surface area contributed by atoms with E-state index >= 15 is 0 Å². The minimum absolute atomic E-state index is 0.0795. The SMILES string of the molecule is CC(NS(=O)(=O)c1cn(C)c(C(C)C)n1)C(=O)O. The quantitative estimate of drug-likeness (QED) is 0.804. The van der Waals surface area contributed by atoms with Gasteiger partial charge in [0.05, 0.1) is 0 Å². The topological polar surface area (TPSA) is 101 Å². The van der Waals surface area contributed by atoms with Crippen molar-refractivity contribution in [1.82, 2.24) is 14.3 Å². The number of aromatic nitrogens is 2. The number of sulfonamides is 1. The molecule has 0 amide bonds. The minimum atomic E-state index is -3.90. The van der Waals surface area contributed by atoms with Gasteiger partial charge in [0.2, 0.25) is 0 Å². The van der Waals surface area contributed by atoms with Crippen LogP contribution < -0.4 is 4.72 Å². The molecular weight excluding hydrogens is 258 g/mol. The van der Waals surface area contributed by atoms with Crippen molar-refractivity contribution in [3.63, 3.8) is 0 Å². The normalized spacial score (nSPS) is 13.8. The van der Waals surface area contributed by atoms with E-state index in [1.807, 2.05) is 18.6 Å². The van der Waals surface area contributed by atoms with Crippen molar-refractivity contribution in [2.24, 2.45) is 7.05 Å². The monoisotopic (exact) mass is 275 g/mol. The third kappa shape index (κ3) is 3.08. The zero-order chi connectivity index (χ0) is 14.1. The zero-order valence-electron chi connectivity index (χ0n) is 10.7. The molecule has 0 radical (unpaired) electrons. The molecule has 7 nitrogen and oxygen atoms in total. The van der Waals surface area contributed by atoms with Crippen LogP contribution in [0, 0.1) is 0 Å². The molecule has 2 N–H and O–H groups in total. The van der Waals surface area contributed by atoms with Crippen LogP contribution in [0.15, 0.2) is 11.2 Å². The fourth-order valence-electron chi connectivity index (χ4n) is 1.46. The molecule has 1 rings (SSSR count). The van der Waals surface area contributed by atoms with Crippen molar-refractivity contribution in [1.29, 1.82) is 0 Å². The zero-order valence-corrected chi connectivity index (χ0v) is 11.5. The van der Waals surface area contributed by atoms with Gasteiger partial charge in [0.1, 0.15) is 11.9 Å². The number of carboxylic acids is 1. The lowest BCUT2D eigenvalue weighted by Gasteiger charge is -2.07. The Morgan fingerprint density at radius 1 is 1.44 bits per heavy atom. The van der Waals surface area contributed by atoms with Crippen LogP contribution in [-0.2, 0) is 21.9 Å². The van der Waals surface area contributed by atoms with Crippen LogP contribution in [0.1, 0.15) is 32.5 Å². The highest BCUT2D eigenvalue weighted by Gasteiger charge is 2.25. The minimum Gasteiger partial charge on any atom is -0.480 e. The van der Waals surface area contributed by atoms with E-state index in [0.717, 1.165) is 0 Å². The predicted octanol–water partition coefficient (Wildman–Crippen LogP) is 0.295. The lowest BCUT2D eigenvalue weighted by atomic mass is 10.2. The van der Waals surface area contributed by atoms with Crippen LogP contribution in [0.25, 0.3) is 0 Å². The van der Waals surface area contributed by atoms with Crippen LogP contribution in [0.3, 0.4) is 0 Å². The summed E-state index contributed by atoms with van der Waals surface area (Å²) < 4.78 is 27.4. The standard InChI is InChI=1S/C10H17N3O4S/c1-6(2)9-11-8(5-13(9)4)18(16,17)12-7(3)10(14)15/h5-7,12H,1-4H3,(H,14,15). The molecule has 0 spiro atoms. The van der Waals surface area contributed by atoms with E-state index in [2.05, 4.69) is 4.98 Å². The van der Waals surface area contributed by atoms with Gasteiger partial charge >= 0.3 is 5.97 Å². The van der Waals surface area contributed by atoms with Crippen LogP contribution in [0.2, 0.25) is 0 Å². The summed E-state index contributed by atoms with van der Waals surface area (Å²) in [5.41, 5.74) is 0. The van der Waals surface area contributed by atoms with E-state index < -0.39 is 22.0 Å². The molecule has 1 heterocycles. The predicted molar refractivity (Wildman–Crippen MR) is 64.7 cm³/mol. The molecule has 0 saturated heterocycles. The van der Waals surface area contributed by atoms with Crippen molar-refractivity contribution in [2.75, 3.05) is 0 Å². The number of carbonyl (C=O) groups is 1. The highest BCUT2D eigenvalue weighted by Crippen LogP contribution is 2.16. The number of rotatable bonds is 5. The Labute approximate surface area is 106 Å². The largest absolute Gasteiger partial charge is 0.480 e. The summed E-state index contributed by atoms with van der Waals surface area (Å²) >= 11 is 0. The van der Waals surface area contributed by atoms with Crippen molar-refractivity contribution in [3.8, 4) is 0 Å². The van der Waals surface area contributed by atoms with Crippen molar-refractivity contribution in [3.05, 3.63) is 12.0 Å². The summed E-state index contributed by atoms with van der Waals surface area (Å²) in [6.07, 6.45) is 1.37. The second kappa shape index (κ2) is 5.07. The van der Waals surface area contributed by atoms with Gasteiger partial charge in [-0.15, -0.1) is 0 Å². The maximum Gasteiger partial charge on any atom is 0.321 e. The van der Waals surface area contributed by atoms with Gasteiger partial charge in [0.15, 0.2) is 5.03 Å². The van der Waals surface area contributed by atoms with Crippen molar-refractivity contribution in [2.45, 2.75) is 37.8 Å². The Morgan fingerprint density at radius 3 is 2.39 bits per heavy atom. The van der Waals surface area contributed by atoms with Gasteiger partial charge in [-0.2, -0.15) is 4.72 Å². The van der Waals surface area contributed by atoms with Gasteiger partial charge in [-0.3, -0.25) is 4.79 Å². The van der Waals surface area contributed by atoms with E-state index in [1.165, 1.54) is 13.1 Å². The van der Waals surface area contributed by atoms with Crippen molar-refractivity contribution < 1.29 is 18.3 Å². The van der Waals surface area contributed by atoms with E-state index in [0.29, 0.717) is 5.82 Å². The van der Waals surface area contributed by atoms with Crippen LogP contribution in [0.5, 0.6) is 0 Å². The molecule has 102 valence electrons. The van der Waals surface area contributed by atoms with Crippen molar-refractivity contribution >= 4 is 16.0 Å². The van der Waals surface area contributed by atoms with E-state index in [9.17, 15) is 13.2 Å². The molecule has 0 aliphatic heterocycles. The van der Waals surface area contributed by atoms with Gasteiger partial charge in [-0.1, -0.05) is 13.8 Å². The summed E-state index contributed by atoms with van der Waals surface area (Å²) in [7, 11) is -2.21. The first-order chi connectivity index (χ1) is 8.15. The van der Waals surface area contributed by atoms with Crippen LogP contribution >= 0.6 is 0 Å². The second-order valence-electron chi connectivity index (χ2n) is 4.38. The van der Waals surface area contributed by atoms with Gasteiger partial charge in [0, 0.05) is 19.2 Å². The number of carboxylic acid groups (broad SMARTS) is 1. The lowest BCUT2D eigenvalue weighted by Crippen LogP contribution is -2.38. The van der Waals surface area contributed by atoms with Crippen LogP contribution in [-0.4, -0.2) is 35.1 Å². The van der Waals surface area contributed by atoms with Gasteiger partial charge in [0.25, 0.3) is 10.0 Å². The molecule has 1 aromatic rings. The van der Waals surface area contributed by atoms with Gasteiger partial charge in [-0.25, -0.2) is 13.4 Å². The maximum atomic E-state index is 11.9. The molecule has 8 heteroatoms. The summed E-state index contributed by atoms with van der Waals surface area (Å²) in [6, 6.07) is -1.19. The molecular formula is C10H17N3O4S. The molecule has 0 aliphatic carbocycles. The molecule has 0 bridgehead atoms. The Bertz CT molecular complexity index is 547. The molecule has 0 saturated carbocycles. The molecule has 1 atom stereocenters. The average molecular weight is 275 g/mol. The molecule has 0 fully saturated rings. The number of nitrogens with zero attached hydrogens (tertiary/aromatic N) is 2. The number of aryl methyl sites for hydroxylation is 1. The molecule has 0 aromatic carbocycles. The Hall–Kier alpha value is -1.41. The van der Waals surface area contributed by atoms with Gasteiger partial charge < -0.3 is 9.67 Å². The third-order valence-electron chi connectivity index (χ3n) is 2.38. The number of hydrogen-bond acceptors (Lipinski definition) is 4. The first-order valence-electron chi connectivity index (χ1n) is 5.43. The highest BCUT2D eigenvalue weighted by atomic mass is 32.2. The number of imidazole rings is 1. The lowest BCUT2D eigenvalue weighted by molar-refractivity contribution is -0.138. The molecule has 1 aromatic heterocycles. The summed E-state index contributed by atoms with van der Waals surface area (Å²) in [5, 5.41) is 8.52. The van der Waals surface area contributed by atoms with E-state index in [1.54, 1.807) is 11.6 Å². The fourth-order valence-corrected chi connectivity index (χ4v) is 2.66. The smallest absolute Gasteiger partial charge is 0.321 e. The number of aliphatic carboxylic acids is 1. The summed E-state index contributed by atoms with van der Waals surface area (Å²) in [4.78, 5) is 14.6. The molecule has 0 aliphatic rings. The summed E-state index contributed by atoms with van der Waals surface area (Å²) in [5.74, 6) is -0.534. The Morgan fingerprint density at radius 2 is 2.00 bits per heavy atom. The van der Waals surface area contributed by atoms with Gasteiger partial charge in [-0.05, 0) is 6.92 Å². The van der Waals surface area contributed by atoms with E-state index in [-0.39, 0.29) is 10.9 Å². The van der Waals surface area contributed by atoms with E-state index in [4.69, 9.17) is 5.11 Å². The number of hydrogen-bond donors (Lipinski definition) is 2. The maximum absolute atomic E-state index is 11.9. The fraction of sp³-hybridized carbons (Fsp3) is 0.600. The first-order valence-corrected chi connectivity index (χ1v) is 6.92. The number of nitrogens with one attached hydrogen (secondary N) is 1. The Kier molecular flexibility index (Phi) is 4.12. The average Bonchev–Trinajstić information content (AvgIpc) is 2.60. The Balaban J connectivity index is 3.06. The second-order valence-corrected chi connectivity index (χ2v) is 6.05. The first kappa shape index (κ1) is 14.7. The molecule has 1 unspecified atom stereocenters. The third-order valence-corrected chi connectivity index (χ3v) is 3.80. The van der Waals surface area contributed by atoms with Crippen LogP contribution in [0.4, 0.5) is 0 Å². The summed E-state index contributed by atoms with van der Waals surface area (Å²) in [6.45, 7) is 5.05. The highest BCUT2D eigenvalue weighted by molar-refractivity contribution is 7.89. The molecule has 18 heavy (non-hydrogen) atoms.